The first-order valence-corrected chi connectivity index (χ1v) is 4.98. The van der Waals surface area contributed by atoms with Crippen molar-refractivity contribution in [1.29, 1.82) is 0 Å². The Labute approximate surface area is 80.8 Å². The van der Waals surface area contributed by atoms with Crippen molar-refractivity contribution in [3.63, 3.8) is 0 Å². The van der Waals surface area contributed by atoms with Gasteiger partial charge in [-0.15, -0.1) is 12.3 Å². The lowest BCUT2D eigenvalue weighted by atomic mass is 10.2. The Hall–Kier alpha value is -0.560. The van der Waals surface area contributed by atoms with Crippen LogP contribution in [0, 0.1) is 12.3 Å². The highest BCUT2D eigenvalue weighted by molar-refractivity contribution is 4.83. The summed E-state index contributed by atoms with van der Waals surface area (Å²) < 4.78 is 0. The number of terminal acetylenes is 1. The Bertz CT molecular complexity index is 165. The number of hydrazine groups is 1. The summed E-state index contributed by atoms with van der Waals surface area (Å²) in [5.74, 6) is 8.32. The fourth-order valence-corrected chi connectivity index (χ4v) is 1.55. The van der Waals surface area contributed by atoms with Crippen LogP contribution in [0.1, 0.15) is 19.3 Å². The molecule has 0 aromatic rings. The normalized spacial score (nSPS) is 20.0. The molecule has 1 aliphatic heterocycles. The lowest BCUT2D eigenvalue weighted by molar-refractivity contribution is 0.132. The van der Waals surface area contributed by atoms with Crippen LogP contribution in [0.25, 0.3) is 0 Å². The maximum Gasteiger partial charge on any atom is 0.0257 e. The van der Waals surface area contributed by atoms with Gasteiger partial charge in [0, 0.05) is 32.6 Å². The maximum absolute atomic E-state index is 5.65. The molecule has 0 aromatic heterocycles. The molecule has 0 saturated carbocycles. The summed E-state index contributed by atoms with van der Waals surface area (Å²) in [5.41, 5.74) is 0. The van der Waals surface area contributed by atoms with Gasteiger partial charge < -0.3 is 4.90 Å². The first-order valence-electron chi connectivity index (χ1n) is 4.98. The summed E-state index contributed by atoms with van der Waals surface area (Å²) >= 11 is 0. The third-order valence-corrected chi connectivity index (χ3v) is 2.45. The van der Waals surface area contributed by atoms with Crippen LogP contribution in [-0.2, 0) is 0 Å². The number of piperazine rings is 1. The molecule has 1 saturated heterocycles. The highest BCUT2D eigenvalue weighted by Gasteiger charge is 2.12. The van der Waals surface area contributed by atoms with E-state index in [2.05, 4.69) is 10.8 Å². The summed E-state index contributed by atoms with van der Waals surface area (Å²) in [6.45, 7) is 5.37. The van der Waals surface area contributed by atoms with Crippen molar-refractivity contribution in [2.24, 2.45) is 5.84 Å². The third-order valence-electron chi connectivity index (χ3n) is 2.45. The topological polar surface area (TPSA) is 32.5 Å². The zero-order valence-electron chi connectivity index (χ0n) is 8.21. The van der Waals surface area contributed by atoms with Gasteiger partial charge >= 0.3 is 0 Å². The molecule has 1 heterocycles. The van der Waals surface area contributed by atoms with Gasteiger partial charge in [-0.2, -0.15) is 0 Å². The Kier molecular flexibility index (Phi) is 4.84. The number of nitrogens with zero attached hydrogens (tertiary/aromatic N) is 2. The Morgan fingerprint density at radius 2 is 1.85 bits per heavy atom. The highest BCUT2D eigenvalue weighted by atomic mass is 15.4. The van der Waals surface area contributed by atoms with Crippen molar-refractivity contribution in [3.05, 3.63) is 0 Å². The zero-order valence-corrected chi connectivity index (χ0v) is 8.21. The second-order valence-corrected chi connectivity index (χ2v) is 3.54. The van der Waals surface area contributed by atoms with Gasteiger partial charge in [-0.25, -0.2) is 5.01 Å². The molecule has 0 unspecified atom stereocenters. The molecule has 0 aromatic carbocycles. The summed E-state index contributed by atoms with van der Waals surface area (Å²) in [7, 11) is 0. The number of hydrogen-bond donors (Lipinski definition) is 1. The number of unbranched alkanes of at least 4 members (excludes halogenated alkanes) is 2. The molecule has 0 aliphatic carbocycles. The minimum absolute atomic E-state index is 0.914. The van der Waals surface area contributed by atoms with Crippen LogP contribution in [0.4, 0.5) is 0 Å². The second-order valence-electron chi connectivity index (χ2n) is 3.54. The van der Waals surface area contributed by atoms with E-state index >= 15 is 0 Å². The van der Waals surface area contributed by atoms with Gasteiger partial charge in [0.1, 0.15) is 0 Å². The molecule has 3 nitrogen and oxygen atoms in total. The van der Waals surface area contributed by atoms with Crippen LogP contribution < -0.4 is 5.84 Å². The summed E-state index contributed by atoms with van der Waals surface area (Å²) in [6.07, 6.45) is 8.46. The van der Waals surface area contributed by atoms with Crippen molar-refractivity contribution in [2.45, 2.75) is 19.3 Å². The average Bonchev–Trinajstić information content (AvgIpc) is 2.15. The molecule has 0 spiro atoms. The molecule has 0 radical (unpaired) electrons. The first kappa shape index (κ1) is 10.5. The Morgan fingerprint density at radius 3 is 2.46 bits per heavy atom. The van der Waals surface area contributed by atoms with E-state index in [1.807, 2.05) is 5.01 Å². The molecule has 13 heavy (non-hydrogen) atoms. The van der Waals surface area contributed by atoms with Crippen molar-refractivity contribution in [1.82, 2.24) is 9.91 Å². The van der Waals surface area contributed by atoms with E-state index in [1.165, 1.54) is 13.0 Å². The van der Waals surface area contributed by atoms with Crippen molar-refractivity contribution in [2.75, 3.05) is 32.7 Å². The van der Waals surface area contributed by atoms with Gasteiger partial charge in [0.15, 0.2) is 0 Å². The fraction of sp³-hybridized carbons (Fsp3) is 0.800. The number of hydrogen-bond acceptors (Lipinski definition) is 3. The molecule has 1 fully saturated rings. The molecule has 0 atom stereocenters. The minimum atomic E-state index is 0.914. The van der Waals surface area contributed by atoms with Crippen LogP contribution in [0.15, 0.2) is 0 Å². The zero-order chi connectivity index (χ0) is 9.52. The van der Waals surface area contributed by atoms with Crippen LogP contribution in [-0.4, -0.2) is 42.6 Å². The quantitative estimate of drug-likeness (QED) is 0.384. The molecule has 0 bridgehead atoms. The number of rotatable bonds is 4. The van der Waals surface area contributed by atoms with Crippen LogP contribution in [0.3, 0.4) is 0 Å². The third kappa shape index (κ3) is 4.28. The molecular weight excluding hydrogens is 162 g/mol. The van der Waals surface area contributed by atoms with E-state index in [4.69, 9.17) is 12.3 Å². The van der Waals surface area contributed by atoms with Crippen LogP contribution in [0.5, 0.6) is 0 Å². The van der Waals surface area contributed by atoms with Crippen LogP contribution >= 0.6 is 0 Å². The van der Waals surface area contributed by atoms with E-state index in [0.29, 0.717) is 0 Å². The minimum Gasteiger partial charge on any atom is -0.301 e. The van der Waals surface area contributed by atoms with E-state index in [-0.39, 0.29) is 0 Å². The van der Waals surface area contributed by atoms with Crippen molar-refractivity contribution < 1.29 is 0 Å². The van der Waals surface area contributed by atoms with E-state index in [1.54, 1.807) is 0 Å². The highest BCUT2D eigenvalue weighted by Crippen LogP contribution is 2.01. The van der Waals surface area contributed by atoms with Crippen molar-refractivity contribution in [3.8, 4) is 12.3 Å². The predicted octanol–water partition coefficient (Wildman–Crippen LogP) is 0.281. The summed E-state index contributed by atoms with van der Waals surface area (Å²) in [5, 5.41) is 1.89. The SMILES string of the molecule is C#CCCCCN1CCN(N)CC1. The maximum atomic E-state index is 5.65. The van der Waals surface area contributed by atoms with Crippen molar-refractivity contribution >= 4 is 0 Å². The largest absolute Gasteiger partial charge is 0.301 e. The lowest BCUT2D eigenvalue weighted by Crippen LogP contribution is -2.49. The first-order chi connectivity index (χ1) is 6.33. The molecule has 2 N–H and O–H groups in total. The van der Waals surface area contributed by atoms with E-state index in [9.17, 15) is 0 Å². The van der Waals surface area contributed by atoms with Gasteiger partial charge in [0.2, 0.25) is 0 Å². The second kappa shape index (κ2) is 5.98. The van der Waals surface area contributed by atoms with Crippen LogP contribution in [0.2, 0.25) is 0 Å². The molecule has 1 aliphatic rings. The van der Waals surface area contributed by atoms with E-state index < -0.39 is 0 Å². The standard InChI is InChI=1S/C10H19N3/c1-2-3-4-5-6-12-7-9-13(11)10-8-12/h1H,3-11H2. The fourth-order valence-electron chi connectivity index (χ4n) is 1.55. The smallest absolute Gasteiger partial charge is 0.0257 e. The predicted molar refractivity (Wildman–Crippen MR) is 54.9 cm³/mol. The van der Waals surface area contributed by atoms with Gasteiger partial charge in [-0.1, -0.05) is 0 Å². The average molecular weight is 181 g/mol. The summed E-state index contributed by atoms with van der Waals surface area (Å²) in [6, 6.07) is 0. The molecule has 74 valence electrons. The van der Waals surface area contributed by atoms with Gasteiger partial charge in [-0.05, 0) is 19.4 Å². The molecule has 3 heteroatoms. The van der Waals surface area contributed by atoms with Gasteiger partial charge in [0.25, 0.3) is 0 Å². The Balaban J connectivity index is 2.00. The number of nitrogens with two attached hydrogens (primary N) is 1. The lowest BCUT2D eigenvalue weighted by Gasteiger charge is -2.31. The molecule has 0 amide bonds. The van der Waals surface area contributed by atoms with Gasteiger partial charge in [0.05, 0.1) is 0 Å². The van der Waals surface area contributed by atoms with Gasteiger partial charge in [-0.3, -0.25) is 5.84 Å². The molecule has 1 rings (SSSR count). The van der Waals surface area contributed by atoms with E-state index in [0.717, 1.165) is 39.0 Å². The Morgan fingerprint density at radius 1 is 1.15 bits per heavy atom. The monoisotopic (exact) mass is 181 g/mol. The summed E-state index contributed by atoms with van der Waals surface area (Å²) in [4.78, 5) is 2.46. The molecular formula is C10H19N3.